The maximum Gasteiger partial charge on any atom is 0.472 e. The maximum atomic E-state index is 12.6. The van der Waals surface area contributed by atoms with Gasteiger partial charge in [-0.3, -0.25) is 18.6 Å². The van der Waals surface area contributed by atoms with Gasteiger partial charge in [-0.05, 0) is 89.2 Å². The summed E-state index contributed by atoms with van der Waals surface area (Å²) in [6.07, 6.45) is 36.0. The fourth-order valence-corrected chi connectivity index (χ4v) is 6.81. The highest BCUT2D eigenvalue weighted by Gasteiger charge is 2.36. The molecule has 0 amide bonds. The van der Waals surface area contributed by atoms with Crippen molar-refractivity contribution in [2.75, 3.05) is 26.4 Å². The van der Waals surface area contributed by atoms with Crippen LogP contribution in [0.15, 0.2) is 65.2 Å². The zero-order valence-electron chi connectivity index (χ0n) is 35.2. The summed E-state index contributed by atoms with van der Waals surface area (Å²) in [5.41, 5.74) is 7.91. The summed E-state index contributed by atoms with van der Waals surface area (Å²) in [4.78, 5) is 34.9. The topological polar surface area (TPSA) is 160 Å². The number of phosphoric acid groups is 1. The van der Waals surface area contributed by atoms with Crippen molar-refractivity contribution in [2.24, 2.45) is 5.73 Å². The minimum absolute atomic E-state index is 0.0296. The molecule has 322 valence electrons. The largest absolute Gasteiger partial charge is 0.472 e. The van der Waals surface area contributed by atoms with Crippen LogP contribution in [0, 0.1) is 13.8 Å². The van der Waals surface area contributed by atoms with E-state index in [0.717, 1.165) is 101 Å². The molecule has 0 spiro atoms. The van der Waals surface area contributed by atoms with Crippen LogP contribution in [0.25, 0.3) is 0 Å². The van der Waals surface area contributed by atoms with Gasteiger partial charge < -0.3 is 29.3 Å². The molecule has 0 aromatic carbocycles. The quantitative estimate of drug-likeness (QED) is 0.0224. The number of furan rings is 1. The first-order valence-corrected chi connectivity index (χ1v) is 22.7. The van der Waals surface area contributed by atoms with Gasteiger partial charge in [0.1, 0.15) is 18.1 Å². The summed E-state index contributed by atoms with van der Waals surface area (Å²) in [5.74, 6) is 1.26. The van der Waals surface area contributed by atoms with E-state index in [9.17, 15) is 19.0 Å². The predicted octanol–water partition coefficient (Wildman–Crippen LogP) is 10.4. The van der Waals surface area contributed by atoms with Crippen molar-refractivity contribution < 1.29 is 46.7 Å². The molecule has 2 heterocycles. The summed E-state index contributed by atoms with van der Waals surface area (Å²) in [6.45, 7) is 7.65. The first kappa shape index (κ1) is 50.1. The molecule has 1 aliphatic rings. The van der Waals surface area contributed by atoms with E-state index in [4.69, 9.17) is 33.4 Å². The number of nitrogens with two attached hydrogens (primary N) is 1. The minimum atomic E-state index is -4.42. The van der Waals surface area contributed by atoms with Gasteiger partial charge in [-0.15, -0.1) is 0 Å². The molecular weight excluding hydrogens is 745 g/mol. The van der Waals surface area contributed by atoms with Crippen molar-refractivity contribution in [2.45, 2.75) is 162 Å². The molecule has 1 aliphatic heterocycles. The van der Waals surface area contributed by atoms with E-state index in [2.05, 4.69) is 76.3 Å². The van der Waals surface area contributed by atoms with E-state index < -0.39 is 32.5 Å². The first-order chi connectivity index (χ1) is 27.6. The van der Waals surface area contributed by atoms with E-state index in [1.807, 2.05) is 12.2 Å². The van der Waals surface area contributed by atoms with Crippen LogP contribution in [0.4, 0.5) is 0 Å². The molecule has 1 fully saturated rings. The maximum absolute atomic E-state index is 12.6. The van der Waals surface area contributed by atoms with E-state index in [1.165, 1.54) is 11.1 Å². The van der Waals surface area contributed by atoms with Crippen LogP contribution in [0.2, 0.25) is 0 Å². The van der Waals surface area contributed by atoms with Gasteiger partial charge in [0.05, 0.1) is 25.4 Å². The summed E-state index contributed by atoms with van der Waals surface area (Å²) in [5, 5.41) is 0. The lowest BCUT2D eigenvalue weighted by molar-refractivity contribution is -0.161. The van der Waals surface area contributed by atoms with E-state index in [1.54, 1.807) is 0 Å². The molecule has 57 heavy (non-hydrogen) atoms. The molecule has 1 aromatic rings. The van der Waals surface area contributed by atoms with Gasteiger partial charge in [-0.1, -0.05) is 100 Å². The average Bonchev–Trinajstić information content (AvgIpc) is 3.89. The number of hydrogen-bond donors (Lipinski definition) is 2. The molecule has 1 saturated heterocycles. The van der Waals surface area contributed by atoms with Crippen LogP contribution in [0.3, 0.4) is 0 Å². The Bertz CT molecular complexity index is 1460. The van der Waals surface area contributed by atoms with Gasteiger partial charge in [0.15, 0.2) is 6.10 Å². The molecule has 12 heteroatoms. The number of carbonyl (C=O) groups is 2. The van der Waals surface area contributed by atoms with Crippen molar-refractivity contribution in [3.05, 3.63) is 83.4 Å². The molecule has 0 aliphatic carbocycles. The van der Waals surface area contributed by atoms with Crippen molar-refractivity contribution in [3.8, 4) is 0 Å². The normalized spacial score (nSPS) is 17.4. The monoisotopic (exact) mass is 817 g/mol. The van der Waals surface area contributed by atoms with E-state index in [0.29, 0.717) is 25.0 Å². The number of esters is 2. The number of epoxide rings is 1. The number of carbonyl (C=O) groups excluding carboxylic acids is 2. The van der Waals surface area contributed by atoms with Crippen molar-refractivity contribution in [1.29, 1.82) is 0 Å². The molecule has 0 saturated carbocycles. The van der Waals surface area contributed by atoms with Gasteiger partial charge in [-0.25, -0.2) is 4.57 Å². The third kappa shape index (κ3) is 24.5. The fraction of sp³-hybridized carbons (Fsp3) is 0.644. The Morgan fingerprint density at radius 2 is 1.32 bits per heavy atom. The summed E-state index contributed by atoms with van der Waals surface area (Å²) in [7, 11) is -4.42. The van der Waals surface area contributed by atoms with Gasteiger partial charge in [0, 0.05) is 32.2 Å². The molecule has 4 atom stereocenters. The number of rotatable bonds is 34. The lowest BCUT2D eigenvalue weighted by Crippen LogP contribution is -2.29. The van der Waals surface area contributed by atoms with Crippen LogP contribution < -0.4 is 5.73 Å². The highest BCUT2D eigenvalue weighted by Crippen LogP contribution is 2.43. The van der Waals surface area contributed by atoms with Gasteiger partial charge >= 0.3 is 19.8 Å². The first-order valence-electron chi connectivity index (χ1n) is 21.2. The van der Waals surface area contributed by atoms with Crippen molar-refractivity contribution in [3.63, 3.8) is 0 Å². The fourth-order valence-electron chi connectivity index (χ4n) is 6.04. The second kappa shape index (κ2) is 30.9. The Labute approximate surface area is 342 Å². The molecule has 3 N–H and O–H groups in total. The predicted molar refractivity (Wildman–Crippen MR) is 227 cm³/mol. The third-order valence-corrected chi connectivity index (χ3v) is 10.5. The van der Waals surface area contributed by atoms with Crippen molar-refractivity contribution >= 4 is 19.8 Å². The smallest absolute Gasteiger partial charge is 0.466 e. The van der Waals surface area contributed by atoms with Crippen molar-refractivity contribution in [1.82, 2.24) is 0 Å². The third-order valence-electron chi connectivity index (χ3n) is 9.51. The molecular formula is C45H72NO10P. The second-order valence-electron chi connectivity index (χ2n) is 14.4. The average molecular weight is 818 g/mol. The van der Waals surface area contributed by atoms with Gasteiger partial charge in [0.2, 0.25) is 0 Å². The molecule has 11 nitrogen and oxygen atoms in total. The number of unbranched alkanes of at least 4 members (excludes halogenated alkanes) is 5. The molecule has 2 rings (SSSR count). The standard InChI is InChI=1S/C45H72NO10P/c1-5-7-22-29-42-43(56-42)30-24-19-14-12-10-8-9-11-13-15-21-26-32-45(48)54-39(36-53-57(49,50)52-34-33-46)35-51-44(47)31-25-20-17-16-18-23-28-41-38(4)37(3)40(55-41)27-6-2/h7,9-12,15,19,21-22,24,39,42-43H,5-6,8,13-14,16-18,20,23,25-36,46H2,1-4H3,(H,49,50)/b11-9-,12-10-,21-15-,22-7-,24-19-/t39-,42?,43?/m1/s1. The summed E-state index contributed by atoms with van der Waals surface area (Å²) >= 11 is 0. The Hall–Kier alpha value is -3.05. The van der Waals surface area contributed by atoms with Crippen LogP contribution in [-0.4, -0.2) is 61.5 Å². The number of allylic oxidation sites excluding steroid dienone is 8. The summed E-state index contributed by atoms with van der Waals surface area (Å²) in [6, 6.07) is 0. The number of aryl methyl sites for hydroxylation is 2. The summed E-state index contributed by atoms with van der Waals surface area (Å²) < 4.78 is 44.5. The molecule has 0 bridgehead atoms. The van der Waals surface area contributed by atoms with Crippen LogP contribution in [-0.2, 0) is 50.3 Å². The van der Waals surface area contributed by atoms with Crippen LogP contribution >= 0.6 is 7.82 Å². The minimum Gasteiger partial charge on any atom is -0.466 e. The Kier molecular flexibility index (Phi) is 27.2. The number of phosphoric ester groups is 1. The molecule has 3 unspecified atom stereocenters. The zero-order valence-corrected chi connectivity index (χ0v) is 36.1. The number of ether oxygens (including phenoxy) is 3. The molecule has 0 radical (unpaired) electrons. The van der Waals surface area contributed by atoms with Crippen LogP contribution in [0.1, 0.15) is 139 Å². The highest BCUT2D eigenvalue weighted by atomic mass is 31.2. The lowest BCUT2D eigenvalue weighted by atomic mass is 10.0. The van der Waals surface area contributed by atoms with E-state index in [-0.39, 0.29) is 32.6 Å². The van der Waals surface area contributed by atoms with E-state index >= 15 is 0 Å². The Balaban J connectivity index is 1.61. The highest BCUT2D eigenvalue weighted by molar-refractivity contribution is 7.47. The second-order valence-corrected chi connectivity index (χ2v) is 15.9. The SMILES string of the molecule is CC/C=C\CC1OC1C/C=C\C/C=C\C/C=C\C/C=C\CCC(=O)O[C@H](COC(=O)CCCCCCCCc1oc(CCC)c(C)c1C)COP(=O)(O)OCCN. The van der Waals surface area contributed by atoms with Crippen LogP contribution in [0.5, 0.6) is 0 Å². The molecule has 1 aromatic heterocycles. The van der Waals surface area contributed by atoms with Gasteiger partial charge in [-0.2, -0.15) is 0 Å². The zero-order chi connectivity index (χ0) is 41.6. The Morgan fingerprint density at radius 3 is 1.95 bits per heavy atom. The van der Waals surface area contributed by atoms with Gasteiger partial charge in [0.25, 0.3) is 0 Å². The lowest BCUT2D eigenvalue weighted by Gasteiger charge is -2.19. The number of hydrogen-bond acceptors (Lipinski definition) is 10. The Morgan fingerprint density at radius 1 is 0.737 bits per heavy atom.